The SMILES string of the molecule is COc1c(C)cc(-c2cccc(F)c2F)cc1C#N. The summed E-state index contributed by atoms with van der Waals surface area (Å²) in [4.78, 5) is 0. The molecule has 0 N–H and O–H groups in total. The van der Waals surface area contributed by atoms with Crippen LogP contribution in [0.4, 0.5) is 8.78 Å². The van der Waals surface area contributed by atoms with Crippen LogP contribution < -0.4 is 4.74 Å². The number of hydrogen-bond donors (Lipinski definition) is 0. The van der Waals surface area contributed by atoms with Gasteiger partial charge in [0.25, 0.3) is 0 Å². The summed E-state index contributed by atoms with van der Waals surface area (Å²) in [6.45, 7) is 1.75. The van der Waals surface area contributed by atoms with Crippen molar-refractivity contribution in [2.45, 2.75) is 6.92 Å². The maximum atomic E-state index is 13.7. The van der Waals surface area contributed by atoms with Crippen LogP contribution >= 0.6 is 0 Å². The molecule has 0 radical (unpaired) electrons. The van der Waals surface area contributed by atoms with Gasteiger partial charge in [-0.15, -0.1) is 0 Å². The monoisotopic (exact) mass is 259 g/mol. The van der Waals surface area contributed by atoms with Crippen LogP contribution in [0, 0.1) is 29.9 Å². The lowest BCUT2D eigenvalue weighted by Crippen LogP contribution is -1.95. The minimum absolute atomic E-state index is 0.127. The van der Waals surface area contributed by atoms with Crippen LogP contribution in [0.3, 0.4) is 0 Å². The van der Waals surface area contributed by atoms with Crippen LogP contribution in [0.1, 0.15) is 11.1 Å². The van der Waals surface area contributed by atoms with Gasteiger partial charge in [-0.05, 0) is 36.2 Å². The van der Waals surface area contributed by atoms with Crippen molar-refractivity contribution in [2.75, 3.05) is 7.11 Å². The fraction of sp³-hybridized carbons (Fsp3) is 0.133. The molecule has 0 fully saturated rings. The Morgan fingerprint density at radius 3 is 2.58 bits per heavy atom. The highest BCUT2D eigenvalue weighted by atomic mass is 19.2. The average Bonchev–Trinajstić information content (AvgIpc) is 2.40. The normalized spacial score (nSPS) is 10.1. The molecule has 0 aliphatic rings. The van der Waals surface area contributed by atoms with Crippen molar-refractivity contribution in [1.82, 2.24) is 0 Å². The Labute approximate surface area is 109 Å². The second kappa shape index (κ2) is 5.07. The first-order valence-corrected chi connectivity index (χ1v) is 5.61. The molecule has 2 aromatic carbocycles. The molecule has 96 valence electrons. The molecule has 0 atom stereocenters. The Hall–Kier alpha value is -2.41. The van der Waals surface area contributed by atoms with E-state index >= 15 is 0 Å². The van der Waals surface area contributed by atoms with E-state index in [0.29, 0.717) is 22.4 Å². The van der Waals surface area contributed by atoms with Crippen molar-refractivity contribution < 1.29 is 13.5 Å². The van der Waals surface area contributed by atoms with Crippen molar-refractivity contribution in [3.63, 3.8) is 0 Å². The molecule has 2 aromatic rings. The molecule has 0 unspecified atom stereocenters. The standard InChI is InChI=1S/C15H11F2NO/c1-9-6-10(7-11(8-18)15(9)19-2)12-4-3-5-13(16)14(12)17/h3-7H,1-2H3. The Morgan fingerprint density at radius 1 is 1.21 bits per heavy atom. The minimum Gasteiger partial charge on any atom is -0.495 e. The molecular weight excluding hydrogens is 248 g/mol. The van der Waals surface area contributed by atoms with Crippen molar-refractivity contribution in [3.05, 3.63) is 53.1 Å². The Bertz CT molecular complexity index is 675. The summed E-state index contributed by atoms with van der Waals surface area (Å²) in [7, 11) is 1.46. The van der Waals surface area contributed by atoms with Crippen LogP contribution in [0.15, 0.2) is 30.3 Å². The zero-order valence-corrected chi connectivity index (χ0v) is 10.5. The molecule has 0 aromatic heterocycles. The van der Waals surface area contributed by atoms with Crippen molar-refractivity contribution in [1.29, 1.82) is 5.26 Å². The molecule has 2 rings (SSSR count). The highest BCUT2D eigenvalue weighted by molar-refractivity contribution is 5.69. The maximum Gasteiger partial charge on any atom is 0.166 e. The average molecular weight is 259 g/mol. The summed E-state index contributed by atoms with van der Waals surface area (Å²) in [6.07, 6.45) is 0. The molecule has 19 heavy (non-hydrogen) atoms. The summed E-state index contributed by atoms with van der Waals surface area (Å²) in [5.41, 5.74) is 1.57. The number of aryl methyl sites for hydroxylation is 1. The van der Waals surface area contributed by atoms with Crippen LogP contribution in [0.2, 0.25) is 0 Å². The van der Waals surface area contributed by atoms with Gasteiger partial charge in [0.15, 0.2) is 11.6 Å². The number of nitrogens with zero attached hydrogens (tertiary/aromatic N) is 1. The zero-order valence-electron chi connectivity index (χ0n) is 10.5. The molecule has 2 nitrogen and oxygen atoms in total. The Morgan fingerprint density at radius 2 is 1.95 bits per heavy atom. The largest absolute Gasteiger partial charge is 0.495 e. The second-order valence-corrected chi connectivity index (χ2v) is 4.09. The van der Waals surface area contributed by atoms with Gasteiger partial charge in [0.2, 0.25) is 0 Å². The maximum absolute atomic E-state index is 13.7. The smallest absolute Gasteiger partial charge is 0.166 e. The first-order valence-electron chi connectivity index (χ1n) is 5.61. The number of hydrogen-bond acceptors (Lipinski definition) is 2. The van der Waals surface area contributed by atoms with E-state index in [9.17, 15) is 8.78 Å². The third kappa shape index (κ3) is 2.27. The summed E-state index contributed by atoms with van der Waals surface area (Å²) >= 11 is 0. The number of ether oxygens (including phenoxy) is 1. The van der Waals surface area contributed by atoms with E-state index in [2.05, 4.69) is 0 Å². The Kier molecular flexibility index (Phi) is 3.48. The summed E-state index contributed by atoms with van der Waals surface area (Å²) in [5.74, 6) is -1.39. The van der Waals surface area contributed by atoms with Crippen molar-refractivity contribution in [3.8, 4) is 22.9 Å². The lowest BCUT2D eigenvalue weighted by atomic mass is 9.99. The second-order valence-electron chi connectivity index (χ2n) is 4.09. The number of methoxy groups -OCH3 is 1. The topological polar surface area (TPSA) is 33.0 Å². The highest BCUT2D eigenvalue weighted by Gasteiger charge is 2.14. The van der Waals surface area contributed by atoms with E-state index in [1.807, 2.05) is 6.07 Å². The molecule has 0 saturated heterocycles. The summed E-state index contributed by atoms with van der Waals surface area (Å²) in [5, 5.41) is 9.07. The van der Waals surface area contributed by atoms with Gasteiger partial charge in [-0.2, -0.15) is 5.26 Å². The van der Waals surface area contributed by atoms with E-state index in [0.717, 1.165) is 6.07 Å². The van der Waals surface area contributed by atoms with Crippen LogP contribution in [0.25, 0.3) is 11.1 Å². The number of rotatable bonds is 2. The van der Waals surface area contributed by atoms with Crippen LogP contribution in [-0.4, -0.2) is 7.11 Å². The fourth-order valence-corrected chi connectivity index (χ4v) is 2.01. The molecule has 0 amide bonds. The van der Waals surface area contributed by atoms with Crippen LogP contribution in [0.5, 0.6) is 5.75 Å². The quantitative estimate of drug-likeness (QED) is 0.821. The lowest BCUT2D eigenvalue weighted by molar-refractivity contribution is 0.410. The van der Waals surface area contributed by atoms with Crippen LogP contribution in [-0.2, 0) is 0 Å². The molecule has 0 bridgehead atoms. The van der Waals surface area contributed by atoms with Gasteiger partial charge in [-0.1, -0.05) is 12.1 Å². The summed E-state index contributed by atoms with van der Waals surface area (Å²) in [6, 6.07) is 9.10. The first-order chi connectivity index (χ1) is 9.08. The predicted octanol–water partition coefficient (Wildman–Crippen LogP) is 3.82. The van der Waals surface area contributed by atoms with Gasteiger partial charge >= 0.3 is 0 Å². The van der Waals surface area contributed by atoms with Crippen molar-refractivity contribution in [2.24, 2.45) is 0 Å². The van der Waals surface area contributed by atoms with Crippen molar-refractivity contribution >= 4 is 0 Å². The molecule has 4 heteroatoms. The van der Waals surface area contributed by atoms with Gasteiger partial charge in [-0.25, -0.2) is 8.78 Å². The molecule has 0 aliphatic heterocycles. The van der Waals surface area contributed by atoms with Gasteiger partial charge in [0.05, 0.1) is 12.7 Å². The van der Waals surface area contributed by atoms with Gasteiger partial charge in [0.1, 0.15) is 11.8 Å². The van der Waals surface area contributed by atoms with E-state index in [4.69, 9.17) is 10.00 Å². The summed E-state index contributed by atoms with van der Waals surface area (Å²) < 4.78 is 32.1. The third-order valence-corrected chi connectivity index (χ3v) is 2.86. The number of benzene rings is 2. The Balaban J connectivity index is 2.68. The molecule has 0 aliphatic carbocycles. The third-order valence-electron chi connectivity index (χ3n) is 2.86. The van der Waals surface area contributed by atoms with E-state index < -0.39 is 11.6 Å². The van der Waals surface area contributed by atoms with E-state index in [1.54, 1.807) is 13.0 Å². The zero-order chi connectivity index (χ0) is 14.0. The lowest BCUT2D eigenvalue weighted by Gasteiger charge is -2.10. The van der Waals surface area contributed by atoms with Gasteiger partial charge in [-0.3, -0.25) is 0 Å². The first kappa shape index (κ1) is 13.0. The molecule has 0 spiro atoms. The minimum atomic E-state index is -0.920. The van der Waals surface area contributed by atoms with Gasteiger partial charge in [0, 0.05) is 5.56 Å². The highest BCUT2D eigenvalue weighted by Crippen LogP contribution is 2.31. The van der Waals surface area contributed by atoms with Gasteiger partial charge < -0.3 is 4.74 Å². The number of halogens is 2. The molecule has 0 saturated carbocycles. The van der Waals surface area contributed by atoms with E-state index in [1.165, 1.54) is 25.3 Å². The molecular formula is C15H11F2NO. The molecule has 0 heterocycles. The van der Waals surface area contributed by atoms with E-state index in [-0.39, 0.29) is 5.56 Å². The predicted molar refractivity (Wildman–Crippen MR) is 67.8 cm³/mol. The fourth-order valence-electron chi connectivity index (χ4n) is 2.01. The number of nitriles is 1.